The molecule has 14 rings (SSSR count). The minimum Gasteiger partial charge on any atom is -0.471 e. The van der Waals surface area contributed by atoms with Gasteiger partial charge >= 0.3 is 0 Å². The molecule has 0 bridgehead atoms. The van der Waals surface area contributed by atoms with Crippen molar-refractivity contribution in [2.24, 2.45) is 0 Å². The number of furan rings is 1. The van der Waals surface area contributed by atoms with Gasteiger partial charge in [0.05, 0.1) is 18.2 Å². The molecule has 11 aromatic carbocycles. The SMILES string of the molecule is CC(C)(C)c1ccc(N(c2ccc3c(c2)N(c2ccccc2)c2cc(C(C)(C)C)cc4c2B3c2cc3cocc3cc2N4c2ccccc2)c2cc(-c3cccc4ccccc34)ccc2-c2cccc3ccccc23)cc1. The van der Waals surface area contributed by atoms with E-state index in [0.717, 1.165) is 61.7 Å². The Morgan fingerprint density at radius 3 is 1.53 bits per heavy atom. The summed E-state index contributed by atoms with van der Waals surface area (Å²) in [6.45, 7) is 13.8. The van der Waals surface area contributed by atoms with Gasteiger partial charge < -0.3 is 19.1 Å². The highest BCUT2D eigenvalue weighted by atomic mass is 16.3. The molecular weight excluding hydrogens is 934 g/mol. The summed E-state index contributed by atoms with van der Waals surface area (Å²) in [5.74, 6) is 0. The fourth-order valence-corrected chi connectivity index (χ4v) is 12.3. The summed E-state index contributed by atoms with van der Waals surface area (Å²) in [7, 11) is 0. The van der Waals surface area contributed by atoms with Gasteiger partial charge in [0, 0.05) is 61.8 Å². The van der Waals surface area contributed by atoms with Crippen LogP contribution in [0.3, 0.4) is 0 Å². The number of rotatable bonds is 7. The first-order valence-electron chi connectivity index (χ1n) is 27.0. The fraction of sp³-hybridized carbons (Fsp3) is 0.111. The molecule has 5 heteroatoms. The molecule has 0 saturated carbocycles. The first-order valence-corrected chi connectivity index (χ1v) is 27.0. The molecule has 0 radical (unpaired) electrons. The molecular formula is C72H58BN3O. The number of anilines is 9. The summed E-state index contributed by atoms with van der Waals surface area (Å²) in [6.07, 6.45) is 3.78. The van der Waals surface area contributed by atoms with Crippen LogP contribution in [-0.4, -0.2) is 6.71 Å². The molecule has 0 unspecified atom stereocenters. The highest BCUT2D eigenvalue weighted by molar-refractivity contribution is 7.00. The lowest BCUT2D eigenvalue weighted by Gasteiger charge is -2.45. The topological polar surface area (TPSA) is 22.9 Å². The minimum absolute atomic E-state index is 0.0275. The van der Waals surface area contributed by atoms with Gasteiger partial charge in [-0.3, -0.25) is 0 Å². The van der Waals surface area contributed by atoms with Crippen molar-refractivity contribution in [2.45, 2.75) is 52.4 Å². The molecule has 77 heavy (non-hydrogen) atoms. The predicted molar refractivity (Wildman–Crippen MR) is 328 cm³/mol. The zero-order chi connectivity index (χ0) is 52.2. The van der Waals surface area contributed by atoms with Gasteiger partial charge in [-0.05, 0) is 149 Å². The van der Waals surface area contributed by atoms with Gasteiger partial charge in [0.15, 0.2) is 0 Å². The van der Waals surface area contributed by atoms with Gasteiger partial charge in [0.2, 0.25) is 0 Å². The molecule has 370 valence electrons. The monoisotopic (exact) mass is 991 g/mol. The Balaban J connectivity index is 1.08. The van der Waals surface area contributed by atoms with E-state index in [4.69, 9.17) is 4.42 Å². The van der Waals surface area contributed by atoms with Gasteiger partial charge in [-0.1, -0.05) is 199 Å². The van der Waals surface area contributed by atoms with E-state index in [1.54, 1.807) is 0 Å². The first-order chi connectivity index (χ1) is 37.5. The van der Waals surface area contributed by atoms with Crippen LogP contribution in [0.15, 0.2) is 247 Å². The quantitative estimate of drug-likeness (QED) is 0.148. The molecule has 4 nitrogen and oxygen atoms in total. The van der Waals surface area contributed by atoms with E-state index in [1.807, 2.05) is 12.5 Å². The Morgan fingerprint density at radius 2 is 0.909 bits per heavy atom. The second-order valence-corrected chi connectivity index (χ2v) is 23.0. The number of fused-ring (bicyclic) bond motifs is 7. The molecule has 2 aliphatic heterocycles. The molecule has 0 aliphatic carbocycles. The molecule has 12 aromatic rings. The molecule has 1 aromatic heterocycles. The number of hydrogen-bond donors (Lipinski definition) is 0. The molecule has 0 N–H and O–H groups in total. The van der Waals surface area contributed by atoms with Crippen molar-refractivity contribution >= 4 is 107 Å². The molecule has 0 amide bonds. The molecule has 0 saturated heterocycles. The molecule has 0 fully saturated rings. The Kier molecular flexibility index (Phi) is 10.7. The number of nitrogens with zero attached hydrogens (tertiary/aromatic N) is 3. The second-order valence-electron chi connectivity index (χ2n) is 23.0. The molecule has 3 heterocycles. The summed E-state index contributed by atoms with van der Waals surface area (Å²) in [5, 5.41) is 7.05. The lowest BCUT2D eigenvalue weighted by atomic mass is 9.33. The first kappa shape index (κ1) is 46.5. The average Bonchev–Trinajstić information content (AvgIpc) is 4.10. The van der Waals surface area contributed by atoms with Crippen molar-refractivity contribution in [3.8, 4) is 22.3 Å². The van der Waals surface area contributed by atoms with Crippen LogP contribution in [-0.2, 0) is 10.8 Å². The standard InChI is InChI=1S/C72H58BN3O/c1-71(2,3)52-32-34-56(35-33-52)74(65-40-49(60-29-17-21-47-19-13-15-27-58(47)60)31-37-62(65)61-30-18-22-48-20-14-16-28-59(48)61)57-36-38-63-67(44-57)76(55-25-11-8-12-26-55)69-43-53(72(4,5)6)42-68-70(69)73(63)64-39-50-45-77-46-51(50)41-66(64)75(68)54-23-9-7-10-24-54/h7-46H,1-6H3. The zero-order valence-corrected chi connectivity index (χ0v) is 44.4. The van der Waals surface area contributed by atoms with Crippen LogP contribution in [0.25, 0.3) is 54.6 Å². The van der Waals surface area contributed by atoms with Crippen LogP contribution in [0.2, 0.25) is 0 Å². The van der Waals surface area contributed by atoms with E-state index < -0.39 is 0 Å². The Morgan fingerprint density at radius 1 is 0.377 bits per heavy atom. The Labute approximate surface area is 452 Å². The van der Waals surface area contributed by atoms with Crippen molar-refractivity contribution < 1.29 is 4.42 Å². The van der Waals surface area contributed by atoms with E-state index in [9.17, 15) is 0 Å². The van der Waals surface area contributed by atoms with E-state index >= 15 is 0 Å². The smallest absolute Gasteiger partial charge is 0.252 e. The van der Waals surface area contributed by atoms with E-state index in [0.29, 0.717) is 0 Å². The van der Waals surface area contributed by atoms with Crippen molar-refractivity contribution in [1.29, 1.82) is 0 Å². The summed E-state index contributed by atoms with van der Waals surface area (Å²) in [5.41, 5.74) is 21.0. The normalized spacial score (nSPS) is 13.0. The number of hydrogen-bond acceptors (Lipinski definition) is 4. The number of para-hydroxylation sites is 2. The third-order valence-electron chi connectivity index (χ3n) is 16.2. The second kappa shape index (κ2) is 17.8. The largest absolute Gasteiger partial charge is 0.471 e. The van der Waals surface area contributed by atoms with Crippen LogP contribution in [0.1, 0.15) is 52.7 Å². The fourth-order valence-electron chi connectivity index (χ4n) is 12.3. The molecule has 2 aliphatic rings. The average molecular weight is 992 g/mol. The van der Waals surface area contributed by atoms with E-state index in [2.05, 4.69) is 287 Å². The van der Waals surface area contributed by atoms with Crippen molar-refractivity contribution in [3.63, 3.8) is 0 Å². The van der Waals surface area contributed by atoms with Gasteiger partial charge in [-0.15, -0.1) is 0 Å². The summed E-state index contributed by atoms with van der Waals surface area (Å²) in [4.78, 5) is 7.57. The van der Waals surface area contributed by atoms with Crippen LogP contribution in [0, 0.1) is 0 Å². The predicted octanol–water partition coefficient (Wildman–Crippen LogP) is 18.2. The van der Waals surface area contributed by atoms with Gasteiger partial charge in [0.25, 0.3) is 6.71 Å². The third kappa shape index (κ3) is 7.74. The third-order valence-corrected chi connectivity index (χ3v) is 16.2. The number of benzene rings is 11. The molecule has 0 spiro atoms. The van der Waals surface area contributed by atoms with E-state index in [1.165, 1.54) is 71.6 Å². The lowest BCUT2D eigenvalue weighted by molar-refractivity contribution is 0.572. The van der Waals surface area contributed by atoms with Gasteiger partial charge in [-0.2, -0.15) is 0 Å². The summed E-state index contributed by atoms with van der Waals surface area (Å²) in [6, 6.07) is 86.2. The van der Waals surface area contributed by atoms with Gasteiger partial charge in [-0.25, -0.2) is 0 Å². The summed E-state index contributed by atoms with van der Waals surface area (Å²) >= 11 is 0. The van der Waals surface area contributed by atoms with Crippen molar-refractivity contribution in [2.75, 3.05) is 14.7 Å². The highest BCUT2D eigenvalue weighted by Gasteiger charge is 2.45. The van der Waals surface area contributed by atoms with Crippen molar-refractivity contribution in [3.05, 3.63) is 254 Å². The van der Waals surface area contributed by atoms with Gasteiger partial charge in [0.1, 0.15) is 0 Å². The maximum atomic E-state index is 5.96. The Bertz CT molecular complexity index is 4250. The van der Waals surface area contributed by atoms with Crippen LogP contribution in [0.4, 0.5) is 51.2 Å². The minimum atomic E-state index is -0.161. The van der Waals surface area contributed by atoms with Crippen LogP contribution in [0.5, 0.6) is 0 Å². The zero-order valence-electron chi connectivity index (χ0n) is 44.4. The Hall–Kier alpha value is -9.06. The molecule has 0 atom stereocenters. The highest BCUT2D eigenvalue weighted by Crippen LogP contribution is 2.50. The van der Waals surface area contributed by atoms with Crippen LogP contribution < -0.4 is 31.1 Å². The van der Waals surface area contributed by atoms with Crippen LogP contribution >= 0.6 is 0 Å². The lowest BCUT2D eigenvalue weighted by Crippen LogP contribution is -2.61. The maximum Gasteiger partial charge on any atom is 0.252 e. The van der Waals surface area contributed by atoms with E-state index in [-0.39, 0.29) is 17.5 Å². The van der Waals surface area contributed by atoms with Crippen molar-refractivity contribution in [1.82, 2.24) is 0 Å². The summed E-state index contributed by atoms with van der Waals surface area (Å²) < 4.78 is 5.96. The maximum absolute atomic E-state index is 5.96.